The summed E-state index contributed by atoms with van der Waals surface area (Å²) < 4.78 is 25.5. The van der Waals surface area contributed by atoms with Crippen LogP contribution in [0.15, 0.2) is 30.3 Å². The third-order valence-corrected chi connectivity index (χ3v) is 2.74. The topological polar surface area (TPSA) is 40.5 Å². The lowest BCUT2D eigenvalue weighted by Crippen LogP contribution is -2.46. The highest BCUT2D eigenvalue weighted by molar-refractivity contribution is 6.27. The van der Waals surface area contributed by atoms with Crippen molar-refractivity contribution < 1.29 is 18.7 Å². The van der Waals surface area contributed by atoms with Crippen LogP contribution in [0.2, 0.25) is 0 Å². The van der Waals surface area contributed by atoms with Crippen LogP contribution >= 0.6 is 11.6 Å². The number of carbonyl (C=O) groups excluding carboxylic acids is 1. The average molecular weight is 278 g/mol. The quantitative estimate of drug-likeness (QED) is 0.807. The van der Waals surface area contributed by atoms with Crippen LogP contribution in [0.4, 0.5) is 8.78 Å². The number of halogens is 3. The lowest BCUT2D eigenvalue weighted by atomic mass is 10.1. The van der Waals surface area contributed by atoms with Crippen LogP contribution in [0.3, 0.4) is 0 Å². The molecule has 0 aliphatic rings. The van der Waals surface area contributed by atoms with Gasteiger partial charge in [0.1, 0.15) is 11.9 Å². The van der Waals surface area contributed by atoms with Gasteiger partial charge in [-0.3, -0.25) is 4.79 Å². The van der Waals surface area contributed by atoms with E-state index in [1.807, 2.05) is 0 Å². The number of aliphatic hydroxyl groups excluding tert-OH is 1. The molecule has 0 unspecified atom stereocenters. The summed E-state index contributed by atoms with van der Waals surface area (Å²) in [7, 11) is 0. The standard InChI is InChI=1S/C12H14ClF2NO2/c13-6-11(18)16(10(8-17)12(14)15)7-9-4-2-1-3-5-9/h1-5,10,12,17H,6-8H2/t10-/m0/s1. The Bertz CT molecular complexity index is 376. The molecule has 0 saturated carbocycles. The van der Waals surface area contributed by atoms with Crippen molar-refractivity contribution in [2.45, 2.75) is 19.0 Å². The summed E-state index contributed by atoms with van der Waals surface area (Å²) in [5, 5.41) is 8.97. The Labute approximate surface area is 109 Å². The van der Waals surface area contributed by atoms with Gasteiger partial charge < -0.3 is 10.0 Å². The van der Waals surface area contributed by atoms with Crippen molar-refractivity contribution in [2.75, 3.05) is 12.5 Å². The van der Waals surface area contributed by atoms with E-state index in [0.717, 1.165) is 4.90 Å². The van der Waals surface area contributed by atoms with Gasteiger partial charge in [0, 0.05) is 6.54 Å². The molecule has 0 aromatic heterocycles. The molecule has 1 rings (SSSR count). The van der Waals surface area contributed by atoms with Crippen LogP contribution in [0.1, 0.15) is 5.56 Å². The molecule has 0 fully saturated rings. The van der Waals surface area contributed by atoms with Gasteiger partial charge in [-0.25, -0.2) is 8.78 Å². The largest absolute Gasteiger partial charge is 0.394 e. The van der Waals surface area contributed by atoms with Gasteiger partial charge in [0.25, 0.3) is 6.43 Å². The van der Waals surface area contributed by atoms with E-state index < -0.39 is 30.9 Å². The lowest BCUT2D eigenvalue weighted by Gasteiger charge is -2.29. The molecular weight excluding hydrogens is 264 g/mol. The number of aliphatic hydroxyl groups is 1. The molecule has 0 bridgehead atoms. The zero-order chi connectivity index (χ0) is 13.5. The maximum atomic E-state index is 12.8. The maximum absolute atomic E-state index is 12.8. The number of amides is 1. The van der Waals surface area contributed by atoms with Crippen molar-refractivity contribution in [3.63, 3.8) is 0 Å². The molecule has 1 aromatic carbocycles. The number of nitrogens with zero attached hydrogens (tertiary/aromatic N) is 1. The van der Waals surface area contributed by atoms with Crippen molar-refractivity contribution in [1.82, 2.24) is 4.90 Å². The van der Waals surface area contributed by atoms with Crippen LogP contribution < -0.4 is 0 Å². The summed E-state index contributed by atoms with van der Waals surface area (Å²) in [4.78, 5) is 12.5. The molecule has 1 aromatic rings. The minimum Gasteiger partial charge on any atom is -0.394 e. The molecule has 18 heavy (non-hydrogen) atoms. The minimum absolute atomic E-state index is 0.00194. The molecule has 6 heteroatoms. The van der Waals surface area contributed by atoms with Crippen LogP contribution in [0, 0.1) is 0 Å². The zero-order valence-corrected chi connectivity index (χ0v) is 10.4. The second-order valence-corrected chi connectivity index (χ2v) is 3.99. The Morgan fingerprint density at radius 3 is 2.39 bits per heavy atom. The van der Waals surface area contributed by atoms with Crippen LogP contribution in [0.5, 0.6) is 0 Å². The molecule has 0 saturated heterocycles. The smallest absolute Gasteiger partial charge is 0.260 e. The molecule has 0 radical (unpaired) electrons. The summed E-state index contributed by atoms with van der Waals surface area (Å²) in [5.41, 5.74) is 0.704. The fourth-order valence-electron chi connectivity index (χ4n) is 1.56. The first-order valence-electron chi connectivity index (χ1n) is 5.38. The molecule has 0 heterocycles. The molecule has 0 aliphatic heterocycles. The number of hydrogen-bond donors (Lipinski definition) is 1. The van der Waals surface area contributed by atoms with E-state index in [2.05, 4.69) is 0 Å². The fraction of sp³-hybridized carbons (Fsp3) is 0.417. The number of rotatable bonds is 6. The normalized spacial score (nSPS) is 12.5. The van der Waals surface area contributed by atoms with Gasteiger partial charge in [-0.05, 0) is 5.56 Å². The predicted molar refractivity (Wildman–Crippen MR) is 64.6 cm³/mol. The highest BCUT2D eigenvalue weighted by Gasteiger charge is 2.30. The zero-order valence-electron chi connectivity index (χ0n) is 9.60. The maximum Gasteiger partial charge on any atom is 0.260 e. The van der Waals surface area contributed by atoms with Crippen LogP contribution in [0.25, 0.3) is 0 Å². The van der Waals surface area contributed by atoms with E-state index in [-0.39, 0.29) is 6.54 Å². The summed E-state index contributed by atoms with van der Waals surface area (Å²) in [6, 6.07) is 7.18. The SMILES string of the molecule is O=C(CCl)N(Cc1ccccc1)[C@@H](CO)C(F)F. The Balaban J connectivity index is 2.88. The Hall–Kier alpha value is -1.20. The molecule has 3 nitrogen and oxygen atoms in total. The van der Waals surface area contributed by atoms with Gasteiger partial charge in [0.05, 0.1) is 6.61 Å². The Morgan fingerprint density at radius 1 is 1.33 bits per heavy atom. The second-order valence-electron chi connectivity index (χ2n) is 3.73. The predicted octanol–water partition coefficient (Wildman–Crippen LogP) is 1.88. The van der Waals surface area contributed by atoms with Crippen molar-refractivity contribution in [2.24, 2.45) is 0 Å². The van der Waals surface area contributed by atoms with Gasteiger partial charge in [-0.15, -0.1) is 11.6 Å². The summed E-state index contributed by atoms with van der Waals surface area (Å²) in [5.74, 6) is -1.02. The first-order chi connectivity index (χ1) is 8.60. The number of benzene rings is 1. The molecule has 1 atom stereocenters. The molecule has 100 valence electrons. The van der Waals surface area contributed by atoms with Crippen LogP contribution in [-0.2, 0) is 11.3 Å². The highest BCUT2D eigenvalue weighted by Crippen LogP contribution is 2.15. The monoisotopic (exact) mass is 277 g/mol. The van der Waals surface area contributed by atoms with E-state index in [9.17, 15) is 13.6 Å². The second kappa shape index (κ2) is 7.28. The van der Waals surface area contributed by atoms with E-state index in [1.165, 1.54) is 0 Å². The molecule has 0 spiro atoms. The lowest BCUT2D eigenvalue weighted by molar-refractivity contribution is -0.137. The highest BCUT2D eigenvalue weighted by atomic mass is 35.5. The molecule has 0 aliphatic carbocycles. The van der Waals surface area contributed by atoms with Gasteiger partial charge in [0.15, 0.2) is 0 Å². The van der Waals surface area contributed by atoms with Gasteiger partial charge in [-0.2, -0.15) is 0 Å². The summed E-state index contributed by atoms with van der Waals surface area (Å²) in [6.45, 7) is -0.797. The van der Waals surface area contributed by atoms with Gasteiger partial charge in [-0.1, -0.05) is 30.3 Å². The minimum atomic E-state index is -2.81. The summed E-state index contributed by atoms with van der Waals surface area (Å²) >= 11 is 5.40. The Morgan fingerprint density at radius 2 is 1.94 bits per heavy atom. The van der Waals surface area contributed by atoms with E-state index in [1.54, 1.807) is 30.3 Å². The third-order valence-electron chi connectivity index (χ3n) is 2.51. The fourth-order valence-corrected chi connectivity index (χ4v) is 1.72. The third kappa shape index (κ3) is 3.92. The molecule has 1 amide bonds. The van der Waals surface area contributed by atoms with E-state index in [4.69, 9.17) is 16.7 Å². The van der Waals surface area contributed by atoms with Gasteiger partial charge >= 0.3 is 0 Å². The number of hydrogen-bond acceptors (Lipinski definition) is 2. The van der Waals surface area contributed by atoms with E-state index in [0.29, 0.717) is 5.56 Å². The average Bonchev–Trinajstić information content (AvgIpc) is 2.38. The molecular formula is C12H14ClF2NO2. The van der Waals surface area contributed by atoms with Crippen molar-refractivity contribution in [3.05, 3.63) is 35.9 Å². The first kappa shape index (κ1) is 14.9. The van der Waals surface area contributed by atoms with Gasteiger partial charge in [0.2, 0.25) is 5.91 Å². The van der Waals surface area contributed by atoms with Crippen molar-refractivity contribution >= 4 is 17.5 Å². The molecule has 1 N–H and O–H groups in total. The number of carbonyl (C=O) groups is 1. The first-order valence-corrected chi connectivity index (χ1v) is 5.92. The Kier molecular flexibility index (Phi) is 6.01. The van der Waals surface area contributed by atoms with Crippen molar-refractivity contribution in [3.8, 4) is 0 Å². The van der Waals surface area contributed by atoms with Crippen LogP contribution in [-0.4, -0.2) is 40.9 Å². The van der Waals surface area contributed by atoms with Crippen molar-refractivity contribution in [1.29, 1.82) is 0 Å². The summed E-state index contributed by atoms with van der Waals surface area (Å²) in [6.07, 6.45) is -2.81. The van der Waals surface area contributed by atoms with E-state index >= 15 is 0 Å². The number of alkyl halides is 3.